The number of rotatable bonds is 2. The Labute approximate surface area is 85.0 Å². The molecular formula is C8H10N4OS. The van der Waals surface area contributed by atoms with Crippen LogP contribution in [0.25, 0.3) is 5.13 Å². The molecule has 0 fully saturated rings. The lowest BCUT2D eigenvalue weighted by Gasteiger charge is -1.95. The normalized spacial score (nSPS) is 10.8. The molecule has 74 valence electrons. The zero-order valence-corrected chi connectivity index (χ0v) is 8.75. The van der Waals surface area contributed by atoms with Gasteiger partial charge in [0.05, 0.1) is 12.3 Å². The zero-order chi connectivity index (χ0) is 10.1. The van der Waals surface area contributed by atoms with Gasteiger partial charge in [-0.05, 0) is 19.9 Å². The fourth-order valence-electron chi connectivity index (χ4n) is 1.22. The first-order valence-electron chi connectivity index (χ1n) is 4.17. The Kier molecular flexibility index (Phi) is 2.30. The molecule has 0 aliphatic heterocycles. The third-order valence-corrected chi connectivity index (χ3v) is 2.67. The predicted molar refractivity (Wildman–Crippen MR) is 52.4 cm³/mol. The molecule has 2 heterocycles. The smallest absolute Gasteiger partial charge is 0.233 e. The summed E-state index contributed by atoms with van der Waals surface area (Å²) in [6, 6.07) is 1.97. The van der Waals surface area contributed by atoms with Gasteiger partial charge in [0, 0.05) is 5.69 Å². The van der Waals surface area contributed by atoms with E-state index in [9.17, 15) is 0 Å². The molecule has 5 nitrogen and oxygen atoms in total. The average molecular weight is 210 g/mol. The number of hydrogen-bond acceptors (Lipinski definition) is 5. The van der Waals surface area contributed by atoms with E-state index in [1.165, 1.54) is 11.3 Å². The summed E-state index contributed by atoms with van der Waals surface area (Å²) in [6.07, 6.45) is 0. The summed E-state index contributed by atoms with van der Waals surface area (Å²) in [5.41, 5.74) is 1.96. The van der Waals surface area contributed by atoms with Gasteiger partial charge in [-0.25, -0.2) is 4.68 Å². The number of nitrogens with zero attached hydrogens (tertiary/aromatic N) is 4. The quantitative estimate of drug-likeness (QED) is 0.797. The first kappa shape index (κ1) is 9.29. The van der Waals surface area contributed by atoms with Crippen molar-refractivity contribution in [3.8, 4) is 5.13 Å². The Morgan fingerprint density at radius 2 is 2.21 bits per heavy atom. The van der Waals surface area contributed by atoms with Crippen LogP contribution in [0.3, 0.4) is 0 Å². The van der Waals surface area contributed by atoms with Crippen LogP contribution < -0.4 is 0 Å². The first-order chi connectivity index (χ1) is 6.70. The average Bonchev–Trinajstić information content (AvgIpc) is 2.71. The van der Waals surface area contributed by atoms with Crippen LogP contribution in [0.1, 0.15) is 16.4 Å². The number of hydrogen-bond donors (Lipinski definition) is 1. The van der Waals surface area contributed by atoms with Crippen LogP contribution in [-0.4, -0.2) is 25.1 Å². The minimum atomic E-state index is -0.0725. The third kappa shape index (κ3) is 1.53. The molecular weight excluding hydrogens is 200 g/mol. The maximum Gasteiger partial charge on any atom is 0.233 e. The Morgan fingerprint density at radius 1 is 1.43 bits per heavy atom. The van der Waals surface area contributed by atoms with E-state index in [2.05, 4.69) is 15.3 Å². The van der Waals surface area contributed by atoms with Crippen molar-refractivity contribution in [2.24, 2.45) is 0 Å². The molecule has 0 unspecified atom stereocenters. The molecule has 0 saturated carbocycles. The molecule has 6 heteroatoms. The molecule has 0 radical (unpaired) electrons. The fourth-order valence-corrected chi connectivity index (χ4v) is 1.93. The van der Waals surface area contributed by atoms with Gasteiger partial charge in [-0.2, -0.15) is 5.10 Å². The number of aryl methyl sites for hydroxylation is 2. The predicted octanol–water partition coefficient (Wildman–Crippen LogP) is 0.833. The third-order valence-electron chi connectivity index (χ3n) is 1.78. The Balaban J connectivity index is 2.43. The molecule has 0 spiro atoms. The highest BCUT2D eigenvalue weighted by atomic mass is 32.1. The highest BCUT2D eigenvalue weighted by molar-refractivity contribution is 7.13. The lowest BCUT2D eigenvalue weighted by molar-refractivity contribution is 0.280. The van der Waals surface area contributed by atoms with Gasteiger partial charge in [0.25, 0.3) is 0 Å². The van der Waals surface area contributed by atoms with Crippen molar-refractivity contribution >= 4 is 11.3 Å². The number of aliphatic hydroxyl groups excluding tert-OH is 1. The van der Waals surface area contributed by atoms with E-state index in [0.29, 0.717) is 10.1 Å². The molecule has 0 aliphatic rings. The molecule has 0 aromatic carbocycles. The van der Waals surface area contributed by atoms with Gasteiger partial charge in [0.15, 0.2) is 0 Å². The summed E-state index contributed by atoms with van der Waals surface area (Å²) in [4.78, 5) is 0. The molecule has 0 amide bonds. The highest BCUT2D eigenvalue weighted by Crippen LogP contribution is 2.16. The SMILES string of the molecule is Cc1cc(C)n(-c2nnc(CO)s2)n1. The van der Waals surface area contributed by atoms with Crippen LogP contribution in [0.15, 0.2) is 6.07 Å². The van der Waals surface area contributed by atoms with Crippen molar-refractivity contribution < 1.29 is 5.11 Å². The second kappa shape index (κ2) is 3.47. The van der Waals surface area contributed by atoms with Crippen LogP contribution in [-0.2, 0) is 6.61 Å². The molecule has 2 rings (SSSR count). The topological polar surface area (TPSA) is 63.8 Å². The Bertz CT molecular complexity index is 448. The summed E-state index contributed by atoms with van der Waals surface area (Å²) in [7, 11) is 0. The molecule has 14 heavy (non-hydrogen) atoms. The standard InChI is InChI=1S/C8H10N4OS/c1-5-3-6(2)12(11-5)8-10-9-7(4-13)14-8/h3,13H,4H2,1-2H3. The second-order valence-corrected chi connectivity index (χ2v) is 4.02. The fraction of sp³-hybridized carbons (Fsp3) is 0.375. The monoisotopic (exact) mass is 210 g/mol. The lowest BCUT2D eigenvalue weighted by atomic mass is 10.4. The number of aliphatic hydroxyl groups is 1. The highest BCUT2D eigenvalue weighted by Gasteiger charge is 2.08. The largest absolute Gasteiger partial charge is 0.389 e. The Morgan fingerprint density at radius 3 is 2.71 bits per heavy atom. The molecule has 0 bridgehead atoms. The molecule has 2 aromatic rings. The maximum atomic E-state index is 8.85. The minimum Gasteiger partial charge on any atom is -0.389 e. The minimum absolute atomic E-state index is 0.0725. The summed E-state index contributed by atoms with van der Waals surface area (Å²) >= 11 is 1.34. The lowest BCUT2D eigenvalue weighted by Crippen LogP contribution is -1.97. The molecule has 0 aliphatic carbocycles. The van der Waals surface area contributed by atoms with E-state index < -0.39 is 0 Å². The molecule has 1 N–H and O–H groups in total. The van der Waals surface area contributed by atoms with Crippen LogP contribution in [0.5, 0.6) is 0 Å². The van der Waals surface area contributed by atoms with Gasteiger partial charge in [-0.1, -0.05) is 11.3 Å². The van der Waals surface area contributed by atoms with E-state index >= 15 is 0 Å². The van der Waals surface area contributed by atoms with Gasteiger partial charge < -0.3 is 5.11 Å². The van der Waals surface area contributed by atoms with Crippen molar-refractivity contribution in [2.75, 3.05) is 0 Å². The molecule has 0 saturated heterocycles. The summed E-state index contributed by atoms with van der Waals surface area (Å²) in [5, 5.41) is 22.2. The van der Waals surface area contributed by atoms with Crippen molar-refractivity contribution in [2.45, 2.75) is 20.5 Å². The summed E-state index contributed by atoms with van der Waals surface area (Å²) < 4.78 is 1.73. The Hall–Kier alpha value is -1.27. The van der Waals surface area contributed by atoms with Gasteiger partial charge in [0.2, 0.25) is 5.13 Å². The first-order valence-corrected chi connectivity index (χ1v) is 4.99. The second-order valence-electron chi connectivity index (χ2n) is 2.98. The van der Waals surface area contributed by atoms with Gasteiger partial charge >= 0.3 is 0 Å². The van der Waals surface area contributed by atoms with Crippen LogP contribution in [0.4, 0.5) is 0 Å². The summed E-state index contributed by atoms with van der Waals surface area (Å²) in [5.74, 6) is 0. The van der Waals surface area contributed by atoms with Gasteiger partial charge in [0.1, 0.15) is 5.01 Å². The zero-order valence-electron chi connectivity index (χ0n) is 7.93. The van der Waals surface area contributed by atoms with Crippen molar-refractivity contribution in [1.29, 1.82) is 0 Å². The van der Waals surface area contributed by atoms with Gasteiger partial charge in [-0.15, -0.1) is 10.2 Å². The van der Waals surface area contributed by atoms with Crippen molar-refractivity contribution in [3.05, 3.63) is 22.5 Å². The van der Waals surface area contributed by atoms with Crippen molar-refractivity contribution in [3.63, 3.8) is 0 Å². The maximum absolute atomic E-state index is 8.85. The number of aromatic nitrogens is 4. The van der Waals surface area contributed by atoms with Crippen molar-refractivity contribution in [1.82, 2.24) is 20.0 Å². The van der Waals surface area contributed by atoms with E-state index in [1.54, 1.807) is 4.68 Å². The van der Waals surface area contributed by atoms with E-state index in [0.717, 1.165) is 11.4 Å². The van der Waals surface area contributed by atoms with Gasteiger partial charge in [-0.3, -0.25) is 0 Å². The van der Waals surface area contributed by atoms with Crippen LogP contribution in [0, 0.1) is 13.8 Å². The molecule has 2 aromatic heterocycles. The van der Waals surface area contributed by atoms with E-state index in [-0.39, 0.29) is 6.61 Å². The van der Waals surface area contributed by atoms with E-state index in [4.69, 9.17) is 5.11 Å². The van der Waals surface area contributed by atoms with Crippen LogP contribution >= 0.6 is 11.3 Å². The van der Waals surface area contributed by atoms with E-state index in [1.807, 2.05) is 19.9 Å². The van der Waals surface area contributed by atoms with Crippen LogP contribution in [0.2, 0.25) is 0 Å². The summed E-state index contributed by atoms with van der Waals surface area (Å²) in [6.45, 7) is 3.81. The molecule has 0 atom stereocenters.